The first-order valence-corrected chi connectivity index (χ1v) is 12.0. The van der Waals surface area contributed by atoms with Crippen LogP contribution in [0.3, 0.4) is 0 Å². The first-order chi connectivity index (χ1) is 12.6. The van der Waals surface area contributed by atoms with Crippen molar-refractivity contribution >= 4 is 47.6 Å². The van der Waals surface area contributed by atoms with Crippen LogP contribution in [-0.2, 0) is 0 Å². The van der Waals surface area contributed by atoms with Gasteiger partial charge in [0.15, 0.2) is 0 Å². The summed E-state index contributed by atoms with van der Waals surface area (Å²) in [6.45, 7) is 4.29. The van der Waals surface area contributed by atoms with Crippen molar-refractivity contribution in [2.45, 2.75) is 25.6 Å². The summed E-state index contributed by atoms with van der Waals surface area (Å²) >= 11 is 3.09. The minimum absolute atomic E-state index is 0.531. The quantitative estimate of drug-likeness (QED) is 0.265. The van der Waals surface area contributed by atoms with E-state index in [-0.39, 0.29) is 0 Å². The van der Waals surface area contributed by atoms with Gasteiger partial charge in [-0.2, -0.15) is 0 Å². The van der Waals surface area contributed by atoms with E-state index in [9.17, 15) is 0 Å². The van der Waals surface area contributed by atoms with Gasteiger partial charge in [-0.25, -0.2) is 0 Å². The second-order valence-corrected chi connectivity index (χ2v) is 10.2. The van der Waals surface area contributed by atoms with E-state index in [2.05, 4.69) is 115 Å². The molecule has 0 N–H and O–H groups in total. The van der Waals surface area contributed by atoms with E-state index in [0.29, 0.717) is 15.0 Å². The maximum atomic E-state index is 2.56. The summed E-state index contributed by atoms with van der Waals surface area (Å²) in [6, 6.07) is 28.7. The Balaban J connectivity index is 1.86. The first-order valence-electron chi connectivity index (χ1n) is 8.84. The van der Waals surface area contributed by atoms with E-state index in [1.807, 2.05) is 0 Å². The summed E-state index contributed by atoms with van der Waals surface area (Å²) in [7, 11) is 0. The van der Waals surface area contributed by atoms with Crippen LogP contribution in [0.15, 0.2) is 82.4 Å². The van der Waals surface area contributed by atoms with Crippen LogP contribution >= 0.6 is 22.6 Å². The molecule has 0 aromatic heterocycles. The Morgan fingerprint density at radius 1 is 0.731 bits per heavy atom. The van der Waals surface area contributed by atoms with Crippen LogP contribution in [0.25, 0.3) is 5.57 Å². The second kappa shape index (κ2) is 9.55. The van der Waals surface area contributed by atoms with Gasteiger partial charge >= 0.3 is 178 Å². The van der Waals surface area contributed by atoms with Crippen LogP contribution in [0.4, 0.5) is 0 Å². The molecule has 3 rings (SSSR count). The number of aryl methyl sites for hydroxylation is 2. The molecule has 0 aliphatic carbocycles. The Hall–Kier alpha value is -1.35. The Bertz CT molecular complexity index is 815. The van der Waals surface area contributed by atoms with Crippen molar-refractivity contribution < 1.29 is 0 Å². The zero-order valence-corrected chi connectivity index (χ0v) is 19.1. The SMILES string of the molecule is Cc1ccc(C(=C(I)CC[Se]c2ccccc2)c2ccc(C)cc2)cc1. The van der Waals surface area contributed by atoms with Crippen LogP contribution in [-0.4, -0.2) is 15.0 Å². The molecule has 0 bridgehead atoms. The third kappa shape index (κ3) is 5.33. The molecule has 0 atom stereocenters. The predicted octanol–water partition coefficient (Wildman–Crippen LogP) is 6.34. The number of rotatable bonds is 6. The molecule has 0 fully saturated rings. The molecule has 0 amide bonds. The van der Waals surface area contributed by atoms with Crippen LogP contribution in [0.2, 0.25) is 5.32 Å². The normalized spacial score (nSPS) is 10.6. The van der Waals surface area contributed by atoms with Crippen molar-refractivity contribution in [3.8, 4) is 0 Å². The summed E-state index contributed by atoms with van der Waals surface area (Å²) in [5.41, 5.74) is 6.63. The van der Waals surface area contributed by atoms with Crippen molar-refractivity contribution in [1.29, 1.82) is 0 Å². The Kier molecular flexibility index (Phi) is 7.13. The third-order valence-corrected chi connectivity index (χ3v) is 7.49. The van der Waals surface area contributed by atoms with E-state index in [0.717, 1.165) is 6.42 Å². The molecule has 0 unspecified atom stereocenters. The average molecular weight is 517 g/mol. The van der Waals surface area contributed by atoms with E-state index in [4.69, 9.17) is 0 Å². The molecular weight excluding hydrogens is 494 g/mol. The zero-order valence-electron chi connectivity index (χ0n) is 15.2. The molecule has 0 aliphatic rings. The summed E-state index contributed by atoms with van der Waals surface area (Å²) in [5.74, 6) is 0. The molecule has 2 heteroatoms. The van der Waals surface area contributed by atoms with Gasteiger partial charge in [-0.1, -0.05) is 0 Å². The summed E-state index contributed by atoms with van der Waals surface area (Å²) in [6.07, 6.45) is 1.13. The van der Waals surface area contributed by atoms with Gasteiger partial charge < -0.3 is 0 Å². The van der Waals surface area contributed by atoms with Gasteiger partial charge in [0.25, 0.3) is 0 Å². The van der Waals surface area contributed by atoms with E-state index >= 15 is 0 Å². The molecule has 0 heterocycles. The van der Waals surface area contributed by atoms with E-state index < -0.39 is 0 Å². The molecule has 0 radical (unpaired) electrons. The fourth-order valence-electron chi connectivity index (χ4n) is 2.82. The molecule has 0 aliphatic heterocycles. The van der Waals surface area contributed by atoms with Crippen LogP contribution < -0.4 is 4.46 Å². The standard InChI is InChI=1S/C24H23ISe/c1-18-8-12-20(13-9-18)24(21-14-10-19(2)11-15-21)23(25)16-17-26-22-6-4-3-5-7-22/h3-15H,16-17H2,1-2H3. The van der Waals surface area contributed by atoms with Crippen LogP contribution in [0.5, 0.6) is 0 Å². The molecule has 3 aromatic rings. The topological polar surface area (TPSA) is 0 Å². The molecule has 0 saturated heterocycles. The fourth-order valence-corrected chi connectivity index (χ4v) is 6.41. The number of hydrogen-bond acceptors (Lipinski definition) is 0. The van der Waals surface area contributed by atoms with Gasteiger partial charge in [0.1, 0.15) is 0 Å². The fraction of sp³-hybridized carbons (Fsp3) is 0.167. The molecular formula is C24H23ISe. The van der Waals surface area contributed by atoms with Crippen molar-refractivity contribution in [3.05, 3.63) is 105 Å². The Morgan fingerprint density at radius 3 is 1.73 bits per heavy atom. The second-order valence-electron chi connectivity index (χ2n) is 6.42. The Morgan fingerprint density at radius 2 is 1.23 bits per heavy atom. The average Bonchev–Trinajstić information content (AvgIpc) is 2.66. The van der Waals surface area contributed by atoms with Gasteiger partial charge in [0, 0.05) is 0 Å². The molecule has 0 spiro atoms. The summed E-state index contributed by atoms with van der Waals surface area (Å²) < 4.78 is 2.93. The van der Waals surface area contributed by atoms with Gasteiger partial charge in [-0.3, -0.25) is 0 Å². The molecule has 0 nitrogen and oxygen atoms in total. The molecule has 0 saturated carbocycles. The molecule has 132 valence electrons. The van der Waals surface area contributed by atoms with Crippen molar-refractivity contribution in [2.75, 3.05) is 0 Å². The third-order valence-electron chi connectivity index (χ3n) is 4.29. The summed E-state index contributed by atoms with van der Waals surface area (Å²) in [4.78, 5) is 0. The minimum atomic E-state index is 0.531. The molecule has 26 heavy (non-hydrogen) atoms. The molecule has 3 aromatic carbocycles. The van der Waals surface area contributed by atoms with Gasteiger partial charge in [-0.15, -0.1) is 0 Å². The van der Waals surface area contributed by atoms with Gasteiger partial charge in [0.2, 0.25) is 0 Å². The Labute approximate surface area is 177 Å². The summed E-state index contributed by atoms with van der Waals surface area (Å²) in [5, 5.41) is 1.23. The van der Waals surface area contributed by atoms with Gasteiger partial charge in [-0.05, 0) is 0 Å². The van der Waals surface area contributed by atoms with Crippen molar-refractivity contribution in [3.63, 3.8) is 0 Å². The van der Waals surface area contributed by atoms with Gasteiger partial charge in [0.05, 0.1) is 0 Å². The number of benzene rings is 3. The maximum absolute atomic E-state index is 2.56. The van der Waals surface area contributed by atoms with Crippen LogP contribution in [0.1, 0.15) is 28.7 Å². The monoisotopic (exact) mass is 518 g/mol. The zero-order chi connectivity index (χ0) is 18.4. The number of halogens is 1. The number of allylic oxidation sites excluding steroid dienone is 1. The van der Waals surface area contributed by atoms with Crippen molar-refractivity contribution in [2.24, 2.45) is 0 Å². The number of hydrogen-bond donors (Lipinski definition) is 0. The van der Waals surface area contributed by atoms with E-state index in [1.54, 1.807) is 0 Å². The van der Waals surface area contributed by atoms with Crippen LogP contribution in [0, 0.1) is 13.8 Å². The predicted molar refractivity (Wildman–Crippen MR) is 124 cm³/mol. The van der Waals surface area contributed by atoms with E-state index in [1.165, 1.54) is 41.2 Å². The first kappa shape index (κ1) is 19.4. The van der Waals surface area contributed by atoms with Crippen molar-refractivity contribution in [1.82, 2.24) is 0 Å².